The molecule has 2 aliphatic carbocycles. The Hall–Kier alpha value is -0.590. The Morgan fingerprint density at radius 2 is 2.11 bits per heavy atom. The van der Waals surface area contributed by atoms with Crippen molar-refractivity contribution in [3.8, 4) is 6.07 Å². The third-order valence-electron chi connectivity index (χ3n) is 6.21. The minimum absolute atomic E-state index is 0.161. The highest BCUT2D eigenvalue weighted by molar-refractivity contribution is 5.16. The van der Waals surface area contributed by atoms with E-state index >= 15 is 0 Å². The average Bonchev–Trinajstić information content (AvgIpc) is 2.85. The number of nitrogens with zero attached hydrogens (tertiary/aromatic N) is 1. The second kappa shape index (κ2) is 3.71. The smallest absolute Gasteiger partial charge is 0.160 e. The number of nitriles is 1. The van der Waals surface area contributed by atoms with E-state index in [0.29, 0.717) is 17.4 Å². The molecule has 0 N–H and O–H groups in total. The molecule has 1 saturated heterocycles. The fraction of sp³-hybridized carbons (Fsp3) is 0.933. The van der Waals surface area contributed by atoms with Crippen LogP contribution in [-0.2, 0) is 9.47 Å². The molecule has 0 aromatic heterocycles. The van der Waals surface area contributed by atoms with Crippen LogP contribution < -0.4 is 0 Å². The van der Waals surface area contributed by atoms with E-state index in [-0.39, 0.29) is 17.8 Å². The molecule has 3 rings (SSSR count). The topological polar surface area (TPSA) is 42.2 Å². The average molecular weight is 249 g/mol. The molecule has 0 aromatic rings. The number of hydrogen-bond donors (Lipinski definition) is 0. The molecule has 0 spiro atoms. The Bertz CT molecular complexity index is 400. The van der Waals surface area contributed by atoms with E-state index in [4.69, 9.17) is 14.7 Å². The minimum atomic E-state index is -0.368. The first-order valence-electron chi connectivity index (χ1n) is 7.10. The summed E-state index contributed by atoms with van der Waals surface area (Å²) in [6, 6.07) is 2.12. The van der Waals surface area contributed by atoms with Crippen molar-refractivity contribution in [3.63, 3.8) is 0 Å². The van der Waals surface area contributed by atoms with Gasteiger partial charge in [-0.1, -0.05) is 20.8 Å². The summed E-state index contributed by atoms with van der Waals surface area (Å²) in [5, 5.41) is 8.82. The molecule has 18 heavy (non-hydrogen) atoms. The molecule has 3 heteroatoms. The number of ether oxygens (including phenoxy) is 2. The fourth-order valence-corrected chi connectivity index (χ4v) is 4.83. The summed E-state index contributed by atoms with van der Waals surface area (Å²) in [5.41, 5.74) is 0.671. The standard InChI is InChI=1S/C15H23NO2/c1-9(8-16)17-12-7-10-11-5-6-15(4,13(10)18-12)14(11,2)3/h9-13H,5-7H2,1-4H3/t9-,10+,11+,12+,13+,15-/m0/s1. The molecule has 3 aliphatic rings. The first kappa shape index (κ1) is 12.4. The van der Waals surface area contributed by atoms with Gasteiger partial charge in [0.15, 0.2) is 6.29 Å². The molecule has 6 atom stereocenters. The third-order valence-corrected chi connectivity index (χ3v) is 6.21. The van der Waals surface area contributed by atoms with Gasteiger partial charge < -0.3 is 9.47 Å². The molecule has 0 unspecified atom stereocenters. The monoisotopic (exact) mass is 249 g/mol. The summed E-state index contributed by atoms with van der Waals surface area (Å²) in [6.45, 7) is 8.98. The van der Waals surface area contributed by atoms with Gasteiger partial charge in [-0.3, -0.25) is 0 Å². The highest BCUT2D eigenvalue weighted by Crippen LogP contribution is 2.71. The van der Waals surface area contributed by atoms with Gasteiger partial charge in [0.05, 0.1) is 12.2 Å². The van der Waals surface area contributed by atoms with Gasteiger partial charge >= 0.3 is 0 Å². The number of rotatable bonds is 2. The van der Waals surface area contributed by atoms with E-state index in [1.807, 2.05) is 0 Å². The van der Waals surface area contributed by atoms with Gasteiger partial charge in [-0.2, -0.15) is 5.26 Å². The van der Waals surface area contributed by atoms with Crippen LogP contribution in [0.4, 0.5) is 0 Å². The van der Waals surface area contributed by atoms with Crippen molar-refractivity contribution < 1.29 is 9.47 Å². The summed E-state index contributed by atoms with van der Waals surface area (Å²) in [7, 11) is 0. The fourth-order valence-electron chi connectivity index (χ4n) is 4.83. The molecule has 0 radical (unpaired) electrons. The lowest BCUT2D eigenvalue weighted by Gasteiger charge is -2.38. The largest absolute Gasteiger partial charge is 0.348 e. The zero-order valence-electron chi connectivity index (χ0n) is 11.8. The highest BCUT2D eigenvalue weighted by atomic mass is 16.7. The van der Waals surface area contributed by atoms with Crippen LogP contribution in [0, 0.1) is 34.0 Å². The van der Waals surface area contributed by atoms with Crippen molar-refractivity contribution in [2.24, 2.45) is 22.7 Å². The van der Waals surface area contributed by atoms with Crippen molar-refractivity contribution in [3.05, 3.63) is 0 Å². The van der Waals surface area contributed by atoms with Crippen LogP contribution in [0.15, 0.2) is 0 Å². The Morgan fingerprint density at radius 3 is 2.72 bits per heavy atom. The Balaban J connectivity index is 1.77. The van der Waals surface area contributed by atoms with Crippen LogP contribution in [0.2, 0.25) is 0 Å². The molecule has 100 valence electrons. The zero-order valence-corrected chi connectivity index (χ0v) is 11.8. The third kappa shape index (κ3) is 1.37. The zero-order chi connectivity index (χ0) is 13.1. The second-order valence-electron chi connectivity index (χ2n) is 7.08. The van der Waals surface area contributed by atoms with Gasteiger partial charge in [-0.15, -0.1) is 0 Å². The maximum atomic E-state index is 8.82. The number of hydrogen-bond acceptors (Lipinski definition) is 3. The van der Waals surface area contributed by atoms with Crippen molar-refractivity contribution in [2.45, 2.75) is 65.5 Å². The molecule has 3 fully saturated rings. The van der Waals surface area contributed by atoms with Gasteiger partial charge in [0, 0.05) is 6.42 Å². The molecule has 3 nitrogen and oxygen atoms in total. The van der Waals surface area contributed by atoms with E-state index in [1.165, 1.54) is 12.8 Å². The van der Waals surface area contributed by atoms with E-state index in [2.05, 4.69) is 26.8 Å². The summed E-state index contributed by atoms with van der Waals surface area (Å²) in [5.74, 6) is 1.40. The predicted octanol–water partition coefficient (Wildman–Crippen LogP) is 3.10. The molecule has 1 heterocycles. The van der Waals surface area contributed by atoms with Crippen molar-refractivity contribution in [1.82, 2.24) is 0 Å². The highest BCUT2D eigenvalue weighted by Gasteiger charge is 2.69. The maximum Gasteiger partial charge on any atom is 0.160 e. The molecule has 2 saturated carbocycles. The molecular weight excluding hydrogens is 226 g/mol. The normalized spacial score (nSPS) is 49.9. The Morgan fingerprint density at radius 1 is 1.39 bits per heavy atom. The van der Waals surface area contributed by atoms with Crippen molar-refractivity contribution >= 4 is 0 Å². The Labute approximate surface area is 109 Å². The van der Waals surface area contributed by atoms with Crippen LogP contribution >= 0.6 is 0 Å². The van der Waals surface area contributed by atoms with Crippen LogP contribution in [0.1, 0.15) is 47.0 Å². The number of fused-ring (bicyclic) bond motifs is 5. The molecule has 0 amide bonds. The summed E-state index contributed by atoms with van der Waals surface area (Å²) < 4.78 is 11.8. The first-order chi connectivity index (χ1) is 8.40. The lowest BCUT2D eigenvalue weighted by atomic mass is 9.70. The minimum Gasteiger partial charge on any atom is -0.348 e. The Kier molecular flexibility index (Phi) is 2.56. The van der Waals surface area contributed by atoms with Gasteiger partial charge in [-0.25, -0.2) is 0 Å². The summed E-state index contributed by atoms with van der Waals surface area (Å²) >= 11 is 0. The van der Waals surface area contributed by atoms with Crippen LogP contribution in [0.5, 0.6) is 0 Å². The lowest BCUT2D eigenvalue weighted by molar-refractivity contribution is -0.173. The van der Waals surface area contributed by atoms with Gasteiger partial charge in [0.1, 0.15) is 6.10 Å². The SMILES string of the molecule is C[C@@H](C#N)O[C@H]1C[C@@H]2[C@H]3CC[C@@](C)([C@@H]2O1)C3(C)C. The van der Waals surface area contributed by atoms with Crippen LogP contribution in [0.3, 0.4) is 0 Å². The molecular formula is C15H23NO2. The van der Waals surface area contributed by atoms with Crippen molar-refractivity contribution in [1.29, 1.82) is 5.26 Å². The van der Waals surface area contributed by atoms with Crippen LogP contribution in [-0.4, -0.2) is 18.5 Å². The van der Waals surface area contributed by atoms with Gasteiger partial charge in [0.2, 0.25) is 0 Å². The first-order valence-corrected chi connectivity index (χ1v) is 7.10. The van der Waals surface area contributed by atoms with E-state index in [0.717, 1.165) is 12.3 Å². The summed E-state index contributed by atoms with van der Waals surface area (Å²) in [6.07, 6.45) is 3.38. The lowest BCUT2D eigenvalue weighted by Crippen LogP contribution is -2.38. The van der Waals surface area contributed by atoms with Gasteiger partial charge in [0.25, 0.3) is 0 Å². The predicted molar refractivity (Wildman–Crippen MR) is 67.5 cm³/mol. The van der Waals surface area contributed by atoms with Crippen LogP contribution in [0.25, 0.3) is 0 Å². The maximum absolute atomic E-state index is 8.82. The molecule has 2 bridgehead atoms. The van der Waals surface area contributed by atoms with E-state index in [9.17, 15) is 0 Å². The quantitative estimate of drug-likeness (QED) is 0.755. The molecule has 0 aromatic carbocycles. The van der Waals surface area contributed by atoms with Gasteiger partial charge in [-0.05, 0) is 42.4 Å². The van der Waals surface area contributed by atoms with E-state index in [1.54, 1.807) is 6.92 Å². The van der Waals surface area contributed by atoms with Crippen molar-refractivity contribution in [2.75, 3.05) is 0 Å². The second-order valence-corrected chi connectivity index (χ2v) is 7.08. The molecule has 1 aliphatic heterocycles. The summed E-state index contributed by atoms with van der Waals surface area (Å²) in [4.78, 5) is 0. The van der Waals surface area contributed by atoms with E-state index < -0.39 is 0 Å².